The molecular weight excluding hydrogens is 510 g/mol. The first-order chi connectivity index (χ1) is 19.3. The highest BCUT2D eigenvalue weighted by molar-refractivity contribution is 6.07. The van der Waals surface area contributed by atoms with Gasteiger partial charge in [-0.2, -0.15) is 0 Å². The number of benzene rings is 2. The molecule has 1 aromatic heterocycles. The first-order valence-electron chi connectivity index (χ1n) is 13.6. The molecule has 4 bridgehead atoms. The quantitative estimate of drug-likeness (QED) is 0.181. The van der Waals surface area contributed by atoms with Crippen LogP contribution in [0.2, 0.25) is 0 Å². The van der Waals surface area contributed by atoms with Gasteiger partial charge in [0.2, 0.25) is 17.7 Å². The van der Waals surface area contributed by atoms with Crippen LogP contribution in [0.4, 0.5) is 0 Å². The van der Waals surface area contributed by atoms with E-state index in [1.54, 1.807) is 0 Å². The summed E-state index contributed by atoms with van der Waals surface area (Å²) < 4.78 is 4.92. The number of methoxy groups -OCH3 is 1. The SMILES string of the molecule is COC(=O)[C@@H]1C/C=C/Cc2ccc3[nH]c4ccc(cc4c3c2)CC(NC(C)=O)C(=O)N[C@H](CCCCN)C(=O)N1. The van der Waals surface area contributed by atoms with E-state index in [-0.39, 0.29) is 18.7 Å². The van der Waals surface area contributed by atoms with Crippen LogP contribution in [0.5, 0.6) is 0 Å². The summed E-state index contributed by atoms with van der Waals surface area (Å²) >= 11 is 0. The maximum absolute atomic E-state index is 13.5. The Morgan fingerprint density at radius 1 is 0.975 bits per heavy atom. The molecule has 3 atom stereocenters. The van der Waals surface area contributed by atoms with Gasteiger partial charge < -0.3 is 31.4 Å². The number of aromatic amines is 1. The number of hydrogen-bond donors (Lipinski definition) is 5. The number of hydrogen-bond acceptors (Lipinski definition) is 6. The van der Waals surface area contributed by atoms with E-state index < -0.39 is 35.9 Å². The molecule has 2 aromatic carbocycles. The van der Waals surface area contributed by atoms with Gasteiger partial charge in [0.15, 0.2) is 0 Å². The molecule has 0 aliphatic carbocycles. The van der Waals surface area contributed by atoms with E-state index in [1.807, 2.05) is 42.5 Å². The maximum atomic E-state index is 13.5. The zero-order valence-corrected chi connectivity index (χ0v) is 22.9. The number of ether oxygens (including phenoxy) is 1. The van der Waals surface area contributed by atoms with Gasteiger partial charge in [0.05, 0.1) is 7.11 Å². The van der Waals surface area contributed by atoms with Gasteiger partial charge in [0.25, 0.3) is 0 Å². The predicted octanol–water partition coefficient (Wildman–Crippen LogP) is 2.14. The highest BCUT2D eigenvalue weighted by Gasteiger charge is 2.29. The number of carbonyl (C=O) groups excluding carboxylic acids is 4. The lowest BCUT2D eigenvalue weighted by Crippen LogP contribution is -2.56. The minimum Gasteiger partial charge on any atom is -0.467 e. The zero-order chi connectivity index (χ0) is 28.6. The van der Waals surface area contributed by atoms with Crippen LogP contribution in [0, 0.1) is 0 Å². The van der Waals surface area contributed by atoms with Crippen LogP contribution in [0.3, 0.4) is 0 Å². The lowest BCUT2D eigenvalue weighted by molar-refractivity contribution is -0.145. The second kappa shape index (κ2) is 13.3. The third kappa shape index (κ3) is 7.06. The maximum Gasteiger partial charge on any atom is 0.328 e. The molecular formula is C30H37N5O5. The van der Waals surface area contributed by atoms with E-state index in [4.69, 9.17) is 10.5 Å². The summed E-state index contributed by atoms with van der Waals surface area (Å²) in [4.78, 5) is 54.8. The number of esters is 1. The molecule has 0 saturated carbocycles. The normalized spacial score (nSPS) is 21.1. The van der Waals surface area contributed by atoms with Crippen molar-refractivity contribution >= 4 is 45.5 Å². The van der Waals surface area contributed by atoms with Crippen LogP contribution >= 0.6 is 0 Å². The van der Waals surface area contributed by atoms with Crippen LogP contribution in [0.15, 0.2) is 48.6 Å². The lowest BCUT2D eigenvalue weighted by Gasteiger charge is -2.24. The molecule has 3 amide bonds. The fraction of sp³-hybridized carbons (Fsp3) is 0.400. The Bertz CT molecular complexity index is 1430. The summed E-state index contributed by atoms with van der Waals surface area (Å²) in [6, 6.07) is 9.39. The largest absolute Gasteiger partial charge is 0.467 e. The van der Waals surface area contributed by atoms with Crippen LogP contribution in [-0.2, 0) is 36.8 Å². The number of fused-ring (bicyclic) bond motifs is 2. The van der Waals surface area contributed by atoms with E-state index in [1.165, 1.54) is 14.0 Å². The van der Waals surface area contributed by atoms with Crippen molar-refractivity contribution in [1.82, 2.24) is 20.9 Å². The molecule has 1 unspecified atom stereocenters. The van der Waals surface area contributed by atoms with Gasteiger partial charge >= 0.3 is 5.97 Å². The topological polar surface area (TPSA) is 155 Å². The lowest BCUT2D eigenvalue weighted by atomic mass is 10.00. The summed E-state index contributed by atoms with van der Waals surface area (Å²) in [5.74, 6) is -1.92. The molecule has 10 heteroatoms. The number of nitrogens with two attached hydrogens (primary N) is 1. The Morgan fingerprint density at radius 3 is 2.35 bits per heavy atom. The van der Waals surface area contributed by atoms with Crippen LogP contribution < -0.4 is 21.7 Å². The van der Waals surface area contributed by atoms with Crippen molar-refractivity contribution in [2.45, 2.75) is 63.6 Å². The van der Waals surface area contributed by atoms with E-state index in [2.05, 4.69) is 27.0 Å². The van der Waals surface area contributed by atoms with Crippen molar-refractivity contribution in [1.29, 1.82) is 0 Å². The molecule has 2 heterocycles. The average Bonchev–Trinajstić information content (AvgIpc) is 3.29. The third-order valence-electron chi connectivity index (χ3n) is 7.14. The Morgan fingerprint density at radius 2 is 1.68 bits per heavy atom. The van der Waals surface area contributed by atoms with Gasteiger partial charge in [0.1, 0.15) is 18.1 Å². The zero-order valence-electron chi connectivity index (χ0n) is 22.9. The van der Waals surface area contributed by atoms with E-state index in [0.717, 1.165) is 32.9 Å². The van der Waals surface area contributed by atoms with Crippen LogP contribution in [-0.4, -0.2) is 60.5 Å². The molecule has 0 radical (unpaired) electrons. The van der Waals surface area contributed by atoms with Crippen molar-refractivity contribution in [3.63, 3.8) is 0 Å². The number of rotatable bonds is 6. The van der Waals surface area contributed by atoms with E-state index >= 15 is 0 Å². The van der Waals surface area contributed by atoms with Gasteiger partial charge in [-0.3, -0.25) is 14.4 Å². The summed E-state index contributed by atoms with van der Waals surface area (Å²) in [5, 5.41) is 10.4. The molecule has 1 aliphatic heterocycles. The fourth-order valence-electron chi connectivity index (χ4n) is 5.05. The smallest absolute Gasteiger partial charge is 0.328 e. The first-order valence-corrected chi connectivity index (χ1v) is 13.6. The summed E-state index contributed by atoms with van der Waals surface area (Å²) in [5.41, 5.74) is 9.57. The third-order valence-corrected chi connectivity index (χ3v) is 7.14. The van der Waals surface area contributed by atoms with Gasteiger partial charge in [-0.05, 0) is 74.0 Å². The number of carbonyl (C=O) groups is 4. The molecule has 0 saturated heterocycles. The van der Waals surface area contributed by atoms with Crippen molar-refractivity contribution in [2.75, 3.05) is 13.7 Å². The Balaban J connectivity index is 1.74. The number of allylic oxidation sites excluding steroid dienone is 1. The van der Waals surface area contributed by atoms with Crippen molar-refractivity contribution in [3.05, 3.63) is 59.7 Å². The summed E-state index contributed by atoms with van der Waals surface area (Å²) in [6.07, 6.45) is 6.51. The highest BCUT2D eigenvalue weighted by Crippen LogP contribution is 2.28. The minimum absolute atomic E-state index is 0.231. The predicted molar refractivity (Wildman–Crippen MR) is 153 cm³/mol. The number of aromatic nitrogens is 1. The molecule has 0 spiro atoms. The van der Waals surface area contributed by atoms with Gasteiger partial charge in [-0.25, -0.2) is 4.79 Å². The minimum atomic E-state index is -0.920. The molecule has 3 aromatic rings. The van der Waals surface area contributed by atoms with Crippen LogP contribution in [0.25, 0.3) is 21.8 Å². The van der Waals surface area contributed by atoms with Gasteiger partial charge in [-0.1, -0.05) is 24.3 Å². The Hall–Kier alpha value is -4.18. The van der Waals surface area contributed by atoms with Crippen molar-refractivity contribution in [3.8, 4) is 0 Å². The number of nitrogens with one attached hydrogen (secondary N) is 4. The highest BCUT2D eigenvalue weighted by atomic mass is 16.5. The van der Waals surface area contributed by atoms with Gasteiger partial charge in [-0.15, -0.1) is 0 Å². The Labute approximate surface area is 233 Å². The molecule has 10 nitrogen and oxygen atoms in total. The first kappa shape index (κ1) is 28.8. The standard InChI is InChI=1S/C30H37N5O5/c1-18(36)32-27-17-20-11-13-24-22(16-20)21-15-19(10-12-23(21)33-24)7-3-4-9-26(30(39)40-2)35-28(37)25(34-29(27)38)8-5-6-14-31/h3-4,10-13,15-16,25-27,33H,5-9,14,17,31H2,1-2H3,(H,32,36)(H,34,38)(H,35,37)/b4-3+/t25-,26+,27?/m1/s1. The number of unbranched alkanes of at least 4 members (excludes halogenated alkanes) is 1. The monoisotopic (exact) mass is 547 g/mol. The van der Waals surface area contributed by atoms with E-state index in [0.29, 0.717) is 32.2 Å². The molecule has 4 rings (SSSR count). The molecule has 0 fully saturated rings. The molecule has 212 valence electrons. The second-order valence-electron chi connectivity index (χ2n) is 10.2. The Kier molecular flexibility index (Phi) is 9.55. The van der Waals surface area contributed by atoms with E-state index in [9.17, 15) is 19.2 Å². The summed E-state index contributed by atoms with van der Waals surface area (Å²) in [7, 11) is 1.27. The van der Waals surface area contributed by atoms with Crippen molar-refractivity contribution in [2.24, 2.45) is 5.73 Å². The second-order valence-corrected chi connectivity index (χ2v) is 10.2. The number of H-pyrrole nitrogens is 1. The van der Waals surface area contributed by atoms with Gasteiger partial charge in [0, 0.05) is 35.2 Å². The summed E-state index contributed by atoms with van der Waals surface area (Å²) in [6.45, 7) is 1.80. The van der Waals surface area contributed by atoms with Crippen LogP contribution in [0.1, 0.15) is 43.7 Å². The fourth-order valence-corrected chi connectivity index (χ4v) is 5.05. The molecule has 6 N–H and O–H groups in total. The molecule has 1 aliphatic rings. The number of amides is 3. The van der Waals surface area contributed by atoms with Crippen molar-refractivity contribution < 1.29 is 23.9 Å². The average molecular weight is 548 g/mol. The molecule has 40 heavy (non-hydrogen) atoms.